The van der Waals surface area contributed by atoms with E-state index in [1.54, 1.807) is 16.4 Å². The van der Waals surface area contributed by atoms with Crippen LogP contribution in [0.25, 0.3) is 5.69 Å². The molecule has 0 aliphatic heterocycles. The maximum atomic E-state index is 6.24. The van der Waals surface area contributed by atoms with Crippen LogP contribution in [0.4, 0.5) is 0 Å². The molecule has 0 aliphatic carbocycles. The molecule has 3 aromatic rings. The molecule has 0 saturated heterocycles. The van der Waals surface area contributed by atoms with Gasteiger partial charge in [0.1, 0.15) is 0 Å². The van der Waals surface area contributed by atoms with Crippen molar-refractivity contribution in [3.8, 4) is 5.69 Å². The Hall–Kier alpha value is -1.85. The van der Waals surface area contributed by atoms with Gasteiger partial charge in [-0.3, -0.25) is 0 Å². The fourth-order valence-electron chi connectivity index (χ4n) is 2.01. The van der Waals surface area contributed by atoms with E-state index in [1.807, 2.05) is 54.6 Å². The first-order valence-corrected chi connectivity index (χ1v) is 7.76. The topological polar surface area (TPSA) is 43.6 Å². The molecule has 1 atom stereocenters. The molecule has 0 radical (unpaired) electrons. The number of halogens is 1. The van der Waals surface area contributed by atoms with Gasteiger partial charge in [0.15, 0.2) is 0 Å². The number of nitrogens with zero attached hydrogens (tertiary/aromatic N) is 4. The molecule has 106 valence electrons. The molecule has 21 heavy (non-hydrogen) atoms. The number of tetrazole rings is 1. The van der Waals surface area contributed by atoms with Crippen LogP contribution in [-0.2, 0) is 0 Å². The highest BCUT2D eigenvalue weighted by Gasteiger charge is 2.16. The molecule has 2 aromatic carbocycles. The lowest BCUT2D eigenvalue weighted by molar-refractivity contribution is 0.755. The van der Waals surface area contributed by atoms with Crippen molar-refractivity contribution in [2.45, 2.75) is 17.3 Å². The average Bonchev–Trinajstić information content (AvgIpc) is 2.96. The van der Waals surface area contributed by atoms with Crippen molar-refractivity contribution in [3.63, 3.8) is 0 Å². The van der Waals surface area contributed by atoms with Crippen LogP contribution >= 0.6 is 23.4 Å². The van der Waals surface area contributed by atoms with Crippen LogP contribution in [-0.4, -0.2) is 20.2 Å². The van der Waals surface area contributed by atoms with Gasteiger partial charge in [-0.05, 0) is 41.1 Å². The Kier molecular flexibility index (Phi) is 4.22. The van der Waals surface area contributed by atoms with Gasteiger partial charge in [-0.2, -0.15) is 4.68 Å². The lowest BCUT2D eigenvalue weighted by Crippen LogP contribution is -2.00. The second-order valence-corrected chi connectivity index (χ2v) is 6.21. The van der Waals surface area contributed by atoms with Gasteiger partial charge in [-0.25, -0.2) is 0 Å². The minimum Gasteiger partial charge on any atom is -0.187 e. The summed E-state index contributed by atoms with van der Waals surface area (Å²) < 4.78 is 1.73. The van der Waals surface area contributed by atoms with E-state index in [2.05, 4.69) is 22.4 Å². The molecule has 4 nitrogen and oxygen atoms in total. The van der Waals surface area contributed by atoms with Crippen LogP contribution in [0, 0.1) is 0 Å². The van der Waals surface area contributed by atoms with Gasteiger partial charge in [0.2, 0.25) is 5.16 Å². The van der Waals surface area contributed by atoms with Gasteiger partial charge in [0.05, 0.1) is 5.69 Å². The van der Waals surface area contributed by atoms with E-state index < -0.39 is 0 Å². The van der Waals surface area contributed by atoms with Crippen LogP contribution in [0.2, 0.25) is 5.02 Å². The number of thioether (sulfide) groups is 1. The van der Waals surface area contributed by atoms with E-state index in [0.717, 1.165) is 21.4 Å². The van der Waals surface area contributed by atoms with Crippen LogP contribution in [0.5, 0.6) is 0 Å². The zero-order valence-electron chi connectivity index (χ0n) is 11.3. The molecule has 0 unspecified atom stereocenters. The van der Waals surface area contributed by atoms with Crippen molar-refractivity contribution in [3.05, 3.63) is 65.2 Å². The van der Waals surface area contributed by atoms with E-state index >= 15 is 0 Å². The van der Waals surface area contributed by atoms with Gasteiger partial charge >= 0.3 is 0 Å². The number of para-hydroxylation sites is 1. The summed E-state index contributed by atoms with van der Waals surface area (Å²) >= 11 is 7.83. The van der Waals surface area contributed by atoms with Gasteiger partial charge in [-0.1, -0.05) is 59.8 Å². The van der Waals surface area contributed by atoms with E-state index in [1.165, 1.54) is 0 Å². The molecule has 6 heteroatoms. The highest BCUT2D eigenvalue weighted by Crippen LogP contribution is 2.37. The fraction of sp³-hybridized carbons (Fsp3) is 0.133. The SMILES string of the molecule is C[C@H](Sc1nnnn1-c1ccccc1)c1ccccc1Cl. The minimum absolute atomic E-state index is 0.159. The van der Waals surface area contributed by atoms with Crippen molar-refractivity contribution in [1.82, 2.24) is 20.2 Å². The highest BCUT2D eigenvalue weighted by molar-refractivity contribution is 7.99. The van der Waals surface area contributed by atoms with Gasteiger partial charge in [0.25, 0.3) is 0 Å². The van der Waals surface area contributed by atoms with E-state index in [0.29, 0.717) is 0 Å². The molecule has 1 heterocycles. The van der Waals surface area contributed by atoms with E-state index in [9.17, 15) is 0 Å². The lowest BCUT2D eigenvalue weighted by Gasteiger charge is -2.12. The lowest BCUT2D eigenvalue weighted by atomic mass is 10.2. The Labute approximate surface area is 132 Å². The molecule has 3 rings (SSSR count). The smallest absolute Gasteiger partial charge is 0.187 e. The summed E-state index contributed by atoms with van der Waals surface area (Å²) in [5, 5.41) is 13.6. The third-order valence-corrected chi connectivity index (χ3v) is 4.48. The molecule has 0 amide bonds. The molecule has 0 fully saturated rings. The summed E-state index contributed by atoms with van der Waals surface area (Å²) in [5.41, 5.74) is 2.02. The maximum absolute atomic E-state index is 6.24. The number of hydrogen-bond donors (Lipinski definition) is 0. The van der Waals surface area contributed by atoms with Gasteiger partial charge < -0.3 is 0 Å². The number of hydrogen-bond acceptors (Lipinski definition) is 4. The quantitative estimate of drug-likeness (QED) is 0.678. The zero-order valence-corrected chi connectivity index (χ0v) is 12.9. The van der Waals surface area contributed by atoms with E-state index in [4.69, 9.17) is 11.6 Å². The van der Waals surface area contributed by atoms with Crippen molar-refractivity contribution < 1.29 is 0 Å². The predicted octanol–water partition coefficient (Wildman–Crippen LogP) is 4.17. The standard InChI is InChI=1S/C15H13ClN4S/c1-11(13-9-5-6-10-14(13)16)21-15-17-18-19-20(15)12-7-3-2-4-8-12/h2-11H,1H3/t11-/m0/s1. The first-order valence-electron chi connectivity index (χ1n) is 6.50. The number of aromatic nitrogens is 4. The van der Waals surface area contributed by atoms with Crippen molar-refractivity contribution in [2.24, 2.45) is 0 Å². The third kappa shape index (κ3) is 3.09. The van der Waals surface area contributed by atoms with Crippen LogP contribution in [0.3, 0.4) is 0 Å². The highest BCUT2D eigenvalue weighted by atomic mass is 35.5. The Bertz CT molecular complexity index is 729. The second-order valence-electron chi connectivity index (χ2n) is 4.49. The van der Waals surface area contributed by atoms with Crippen LogP contribution in [0.1, 0.15) is 17.7 Å². The molecule has 0 aliphatic rings. The van der Waals surface area contributed by atoms with E-state index in [-0.39, 0.29) is 5.25 Å². The molecule has 0 bridgehead atoms. The van der Waals surface area contributed by atoms with Crippen molar-refractivity contribution in [1.29, 1.82) is 0 Å². The summed E-state index contributed by atoms with van der Waals surface area (Å²) in [6, 6.07) is 17.7. The molecule has 0 N–H and O–H groups in total. The van der Waals surface area contributed by atoms with Gasteiger partial charge in [0, 0.05) is 10.3 Å². The summed E-state index contributed by atoms with van der Waals surface area (Å²) in [4.78, 5) is 0. The Morgan fingerprint density at radius 3 is 2.52 bits per heavy atom. The number of rotatable bonds is 4. The van der Waals surface area contributed by atoms with Crippen LogP contribution in [0.15, 0.2) is 59.8 Å². The summed E-state index contributed by atoms with van der Waals surface area (Å²) in [6.45, 7) is 2.09. The predicted molar refractivity (Wildman–Crippen MR) is 84.9 cm³/mol. The molecular weight excluding hydrogens is 304 g/mol. The monoisotopic (exact) mass is 316 g/mol. The molecular formula is C15H13ClN4S. The number of benzene rings is 2. The summed E-state index contributed by atoms with van der Waals surface area (Å²) in [7, 11) is 0. The fourth-order valence-corrected chi connectivity index (χ4v) is 3.35. The third-order valence-electron chi connectivity index (χ3n) is 3.07. The Balaban J connectivity index is 1.87. The normalized spacial score (nSPS) is 12.3. The van der Waals surface area contributed by atoms with Gasteiger partial charge in [-0.15, -0.1) is 5.10 Å². The second kappa shape index (κ2) is 6.28. The summed E-state index contributed by atoms with van der Waals surface area (Å²) in [6.07, 6.45) is 0. The molecule has 1 aromatic heterocycles. The molecule has 0 saturated carbocycles. The summed E-state index contributed by atoms with van der Waals surface area (Å²) in [5.74, 6) is 0. The Morgan fingerprint density at radius 1 is 1.05 bits per heavy atom. The first-order chi connectivity index (χ1) is 10.3. The first kappa shape index (κ1) is 14.1. The minimum atomic E-state index is 0.159. The zero-order chi connectivity index (χ0) is 14.7. The maximum Gasteiger partial charge on any atom is 0.214 e. The van der Waals surface area contributed by atoms with Crippen molar-refractivity contribution in [2.75, 3.05) is 0 Å². The van der Waals surface area contributed by atoms with Crippen molar-refractivity contribution >= 4 is 23.4 Å². The average molecular weight is 317 g/mol. The largest absolute Gasteiger partial charge is 0.214 e. The molecule has 0 spiro atoms. The Morgan fingerprint density at radius 2 is 1.76 bits per heavy atom. The van der Waals surface area contributed by atoms with Crippen LogP contribution < -0.4 is 0 Å².